The van der Waals surface area contributed by atoms with Crippen LogP contribution in [0.5, 0.6) is 0 Å². The summed E-state index contributed by atoms with van der Waals surface area (Å²) < 4.78 is 37.0. The van der Waals surface area contributed by atoms with Crippen LogP contribution in [0.15, 0.2) is 0 Å². The molecule has 0 heterocycles. The Morgan fingerprint density at radius 2 is 1.81 bits per heavy atom. The molecule has 0 bridgehead atoms. The number of hydrogen-bond acceptors (Lipinski definition) is 2. The third-order valence-corrected chi connectivity index (χ3v) is 3.08. The fourth-order valence-electron chi connectivity index (χ4n) is 2.47. The van der Waals surface area contributed by atoms with Crippen molar-refractivity contribution in [2.45, 2.75) is 50.7 Å². The number of rotatable bonds is 5. The van der Waals surface area contributed by atoms with Crippen molar-refractivity contribution in [1.82, 2.24) is 4.90 Å². The minimum atomic E-state index is -4.12. The predicted molar refractivity (Wildman–Crippen MR) is 58.2 cm³/mol. The van der Waals surface area contributed by atoms with Crippen LogP contribution < -0.4 is 5.73 Å². The minimum Gasteiger partial charge on any atom is -0.324 e. The van der Waals surface area contributed by atoms with Crippen molar-refractivity contribution in [2.75, 3.05) is 19.6 Å². The molecule has 0 aliphatic heterocycles. The van der Waals surface area contributed by atoms with Gasteiger partial charge >= 0.3 is 6.18 Å². The minimum absolute atomic E-state index is 0.375. The quantitative estimate of drug-likeness (QED) is 0.797. The van der Waals surface area contributed by atoms with Crippen molar-refractivity contribution in [1.29, 1.82) is 0 Å². The molecule has 5 heteroatoms. The third-order valence-electron chi connectivity index (χ3n) is 3.08. The van der Waals surface area contributed by atoms with E-state index in [1.54, 1.807) is 0 Å². The van der Waals surface area contributed by atoms with Crippen LogP contribution in [-0.4, -0.2) is 36.2 Å². The Kier molecular flexibility index (Phi) is 4.62. The van der Waals surface area contributed by atoms with Gasteiger partial charge < -0.3 is 5.73 Å². The Hall–Kier alpha value is -0.290. The third kappa shape index (κ3) is 4.70. The van der Waals surface area contributed by atoms with E-state index in [4.69, 9.17) is 5.73 Å². The van der Waals surface area contributed by atoms with E-state index in [1.165, 1.54) is 4.90 Å². The van der Waals surface area contributed by atoms with Gasteiger partial charge in [-0.15, -0.1) is 0 Å². The van der Waals surface area contributed by atoms with Crippen LogP contribution in [0.4, 0.5) is 13.2 Å². The zero-order valence-corrected chi connectivity index (χ0v) is 9.82. The molecule has 0 aromatic carbocycles. The van der Waals surface area contributed by atoms with Crippen molar-refractivity contribution in [3.05, 3.63) is 0 Å². The van der Waals surface area contributed by atoms with Crippen LogP contribution in [0.25, 0.3) is 0 Å². The molecule has 0 amide bonds. The standard InChI is InChI=1S/C11H21F3N2/c1-2-7-16(9-11(12,13)14)8-10(15)5-3-4-6-10/h2-9,15H2,1H3. The number of hydrogen-bond donors (Lipinski definition) is 1. The van der Waals surface area contributed by atoms with E-state index in [1.807, 2.05) is 6.92 Å². The molecule has 0 aromatic heterocycles. The summed E-state index contributed by atoms with van der Waals surface area (Å²) >= 11 is 0. The van der Waals surface area contributed by atoms with Crippen LogP contribution in [0.2, 0.25) is 0 Å². The van der Waals surface area contributed by atoms with Gasteiger partial charge in [0.15, 0.2) is 0 Å². The molecule has 96 valence electrons. The van der Waals surface area contributed by atoms with Gasteiger partial charge in [0.2, 0.25) is 0 Å². The summed E-state index contributed by atoms with van der Waals surface area (Å²) in [6.07, 6.45) is 0.400. The van der Waals surface area contributed by atoms with Crippen molar-refractivity contribution in [3.8, 4) is 0 Å². The van der Waals surface area contributed by atoms with Crippen LogP contribution in [0.1, 0.15) is 39.0 Å². The van der Waals surface area contributed by atoms with Gasteiger partial charge in [0, 0.05) is 12.1 Å². The Morgan fingerprint density at radius 3 is 2.25 bits per heavy atom. The fraction of sp³-hybridized carbons (Fsp3) is 1.00. The molecule has 2 N–H and O–H groups in total. The maximum atomic E-state index is 12.3. The molecule has 1 saturated carbocycles. The second kappa shape index (κ2) is 5.36. The highest BCUT2D eigenvalue weighted by Gasteiger charge is 2.36. The van der Waals surface area contributed by atoms with E-state index in [2.05, 4.69) is 0 Å². The lowest BCUT2D eigenvalue weighted by atomic mass is 9.98. The summed E-state index contributed by atoms with van der Waals surface area (Å²) in [4.78, 5) is 1.45. The average Bonchev–Trinajstić information content (AvgIpc) is 2.49. The van der Waals surface area contributed by atoms with E-state index >= 15 is 0 Å². The number of halogens is 3. The number of nitrogens with zero attached hydrogens (tertiary/aromatic N) is 1. The van der Waals surface area contributed by atoms with Gasteiger partial charge in [-0.3, -0.25) is 4.90 Å². The molecule has 0 saturated heterocycles. The zero-order valence-electron chi connectivity index (χ0n) is 9.82. The number of alkyl halides is 3. The molecule has 0 atom stereocenters. The molecular formula is C11H21F3N2. The topological polar surface area (TPSA) is 29.3 Å². The summed E-state index contributed by atoms with van der Waals surface area (Å²) in [5.74, 6) is 0. The van der Waals surface area contributed by atoms with Crippen LogP contribution in [0, 0.1) is 0 Å². The van der Waals surface area contributed by atoms with E-state index < -0.39 is 12.7 Å². The molecule has 1 fully saturated rings. The molecular weight excluding hydrogens is 217 g/mol. The van der Waals surface area contributed by atoms with Gasteiger partial charge in [0.25, 0.3) is 0 Å². The Morgan fingerprint density at radius 1 is 1.25 bits per heavy atom. The molecule has 1 aliphatic carbocycles. The average molecular weight is 238 g/mol. The summed E-state index contributed by atoms with van der Waals surface area (Å²) in [5, 5.41) is 0. The highest BCUT2D eigenvalue weighted by atomic mass is 19.4. The maximum Gasteiger partial charge on any atom is 0.401 e. The Labute approximate surface area is 95.0 Å². The molecule has 1 aliphatic rings. The van der Waals surface area contributed by atoms with E-state index in [0.717, 1.165) is 32.1 Å². The summed E-state index contributed by atoms with van der Waals surface area (Å²) in [7, 11) is 0. The summed E-state index contributed by atoms with van der Waals surface area (Å²) in [5.41, 5.74) is 5.71. The summed E-state index contributed by atoms with van der Waals surface area (Å²) in [6.45, 7) is 1.90. The lowest BCUT2D eigenvalue weighted by Crippen LogP contribution is -2.50. The van der Waals surface area contributed by atoms with Crippen LogP contribution in [0.3, 0.4) is 0 Å². The first-order valence-electron chi connectivity index (χ1n) is 5.93. The SMILES string of the molecule is CCCN(CC(F)(F)F)CC1(N)CCCC1. The second-order valence-corrected chi connectivity index (χ2v) is 4.90. The van der Waals surface area contributed by atoms with Gasteiger partial charge in [-0.1, -0.05) is 19.8 Å². The van der Waals surface area contributed by atoms with Crippen LogP contribution >= 0.6 is 0 Å². The van der Waals surface area contributed by atoms with Crippen LogP contribution in [-0.2, 0) is 0 Å². The molecule has 16 heavy (non-hydrogen) atoms. The Bertz CT molecular complexity index is 210. The largest absolute Gasteiger partial charge is 0.401 e. The van der Waals surface area contributed by atoms with Crippen molar-refractivity contribution < 1.29 is 13.2 Å². The molecule has 0 unspecified atom stereocenters. The first kappa shape index (κ1) is 13.8. The molecule has 0 radical (unpaired) electrons. The van der Waals surface area contributed by atoms with E-state index in [9.17, 15) is 13.2 Å². The monoisotopic (exact) mass is 238 g/mol. The normalized spacial score (nSPS) is 20.6. The van der Waals surface area contributed by atoms with E-state index in [-0.39, 0.29) is 5.54 Å². The number of nitrogens with two attached hydrogens (primary N) is 1. The van der Waals surface area contributed by atoms with E-state index in [0.29, 0.717) is 13.1 Å². The maximum absolute atomic E-state index is 12.3. The molecule has 2 nitrogen and oxygen atoms in total. The summed E-state index contributed by atoms with van der Waals surface area (Å²) in [6, 6.07) is 0. The second-order valence-electron chi connectivity index (χ2n) is 4.90. The molecule has 0 aromatic rings. The van der Waals surface area contributed by atoms with Crippen molar-refractivity contribution >= 4 is 0 Å². The first-order chi connectivity index (χ1) is 7.35. The van der Waals surface area contributed by atoms with Crippen molar-refractivity contribution in [3.63, 3.8) is 0 Å². The van der Waals surface area contributed by atoms with Gasteiger partial charge in [-0.05, 0) is 25.8 Å². The zero-order chi connectivity index (χ0) is 12.2. The van der Waals surface area contributed by atoms with Gasteiger partial charge in [-0.2, -0.15) is 13.2 Å². The predicted octanol–water partition coefficient (Wildman–Crippen LogP) is 2.53. The Balaban J connectivity index is 2.50. The highest BCUT2D eigenvalue weighted by Crippen LogP contribution is 2.29. The molecule has 1 rings (SSSR count). The van der Waals surface area contributed by atoms with Gasteiger partial charge in [0.1, 0.15) is 0 Å². The molecule has 0 spiro atoms. The lowest BCUT2D eigenvalue weighted by molar-refractivity contribution is -0.147. The van der Waals surface area contributed by atoms with Gasteiger partial charge in [-0.25, -0.2) is 0 Å². The smallest absolute Gasteiger partial charge is 0.324 e. The highest BCUT2D eigenvalue weighted by molar-refractivity contribution is 4.92. The first-order valence-corrected chi connectivity index (χ1v) is 5.93. The fourth-order valence-corrected chi connectivity index (χ4v) is 2.47. The van der Waals surface area contributed by atoms with Gasteiger partial charge in [0.05, 0.1) is 6.54 Å². The lowest BCUT2D eigenvalue weighted by Gasteiger charge is -2.32. The van der Waals surface area contributed by atoms with Crippen molar-refractivity contribution in [2.24, 2.45) is 5.73 Å².